The lowest BCUT2D eigenvalue weighted by Crippen LogP contribution is -1.96. The number of hydrogen-bond acceptors (Lipinski definition) is 2. The first-order valence-electron chi connectivity index (χ1n) is 9.98. The molecule has 0 bridgehead atoms. The molecular weight excluding hydrogens is 272 g/mol. The van der Waals surface area contributed by atoms with Crippen molar-refractivity contribution in [2.45, 2.75) is 105 Å². The van der Waals surface area contributed by atoms with E-state index in [1.807, 2.05) is 0 Å². The highest BCUT2D eigenvalue weighted by atomic mass is 16.5. The first-order valence-corrected chi connectivity index (χ1v) is 9.98. The highest BCUT2D eigenvalue weighted by Gasteiger charge is 1.90. The molecule has 0 radical (unpaired) electrons. The third-order valence-corrected chi connectivity index (χ3v) is 3.57. The van der Waals surface area contributed by atoms with E-state index in [9.17, 15) is 0 Å². The van der Waals surface area contributed by atoms with Gasteiger partial charge in [-0.15, -0.1) is 0 Å². The summed E-state index contributed by atoms with van der Waals surface area (Å²) < 4.78 is 10.8. The van der Waals surface area contributed by atoms with Crippen LogP contribution in [-0.2, 0) is 9.47 Å². The minimum absolute atomic E-state index is 0.955. The number of unbranched alkanes of at least 4 members (excludes halogenated alkanes) is 8. The van der Waals surface area contributed by atoms with Gasteiger partial charge < -0.3 is 9.47 Å². The second-order valence-electron chi connectivity index (χ2n) is 6.05. The molecule has 2 nitrogen and oxygen atoms in total. The zero-order valence-electron chi connectivity index (χ0n) is 16.1. The van der Waals surface area contributed by atoms with Crippen molar-refractivity contribution in [2.75, 3.05) is 26.4 Å². The molecule has 0 rings (SSSR count). The van der Waals surface area contributed by atoms with Crippen LogP contribution in [0, 0.1) is 0 Å². The first kappa shape index (κ1) is 24.2. The van der Waals surface area contributed by atoms with Crippen LogP contribution in [0.5, 0.6) is 0 Å². The molecule has 0 saturated heterocycles. The topological polar surface area (TPSA) is 18.5 Å². The Balaban J connectivity index is 0. The predicted molar refractivity (Wildman–Crippen MR) is 99.7 cm³/mol. The normalized spacial score (nSPS) is 10.4. The maximum atomic E-state index is 5.53. The van der Waals surface area contributed by atoms with Crippen molar-refractivity contribution >= 4 is 0 Å². The van der Waals surface area contributed by atoms with E-state index >= 15 is 0 Å². The monoisotopic (exact) mass is 316 g/mol. The zero-order valence-corrected chi connectivity index (χ0v) is 16.1. The maximum Gasteiger partial charge on any atom is 0.0466 e. The molecule has 0 unspecified atom stereocenters. The molecule has 136 valence electrons. The molecule has 22 heavy (non-hydrogen) atoms. The van der Waals surface area contributed by atoms with E-state index in [4.69, 9.17) is 9.47 Å². The van der Waals surface area contributed by atoms with Crippen LogP contribution < -0.4 is 0 Å². The van der Waals surface area contributed by atoms with Gasteiger partial charge in [0.05, 0.1) is 0 Å². The molecule has 0 aromatic carbocycles. The van der Waals surface area contributed by atoms with Gasteiger partial charge in [-0.2, -0.15) is 0 Å². The van der Waals surface area contributed by atoms with E-state index < -0.39 is 0 Å². The SMILES string of the molecule is CCCCCCOCCCCCC.CCCCOCCCC. The van der Waals surface area contributed by atoms with Gasteiger partial charge in [0.15, 0.2) is 0 Å². The molecular formula is C20H44O2. The third-order valence-electron chi connectivity index (χ3n) is 3.57. The Bertz CT molecular complexity index is 144. The van der Waals surface area contributed by atoms with Crippen molar-refractivity contribution in [2.24, 2.45) is 0 Å². The van der Waals surface area contributed by atoms with Gasteiger partial charge in [0.1, 0.15) is 0 Å². The smallest absolute Gasteiger partial charge is 0.0466 e. The molecule has 0 heterocycles. The van der Waals surface area contributed by atoms with Gasteiger partial charge in [-0.1, -0.05) is 79.1 Å². The molecule has 0 N–H and O–H groups in total. The Hall–Kier alpha value is -0.0800. The summed E-state index contributed by atoms with van der Waals surface area (Å²) in [5.74, 6) is 0. The fourth-order valence-electron chi connectivity index (χ4n) is 1.96. The highest BCUT2D eigenvalue weighted by molar-refractivity contribution is 4.42. The van der Waals surface area contributed by atoms with E-state index in [-0.39, 0.29) is 0 Å². The van der Waals surface area contributed by atoms with Gasteiger partial charge in [-0.25, -0.2) is 0 Å². The lowest BCUT2D eigenvalue weighted by atomic mass is 10.2. The van der Waals surface area contributed by atoms with Crippen LogP contribution in [0.2, 0.25) is 0 Å². The Morgan fingerprint density at radius 1 is 0.364 bits per heavy atom. The molecule has 0 aromatic heterocycles. The lowest BCUT2D eigenvalue weighted by molar-refractivity contribution is 0.126. The minimum Gasteiger partial charge on any atom is -0.381 e. The van der Waals surface area contributed by atoms with Gasteiger partial charge in [-0.05, 0) is 25.7 Å². The quantitative estimate of drug-likeness (QED) is 0.293. The van der Waals surface area contributed by atoms with Gasteiger partial charge in [-0.3, -0.25) is 0 Å². The van der Waals surface area contributed by atoms with Crippen molar-refractivity contribution < 1.29 is 9.47 Å². The zero-order chi connectivity index (χ0) is 16.7. The summed E-state index contributed by atoms with van der Waals surface area (Å²) in [7, 11) is 0. The molecule has 0 saturated carbocycles. The van der Waals surface area contributed by atoms with Crippen molar-refractivity contribution in [3.8, 4) is 0 Å². The minimum atomic E-state index is 0.955. The summed E-state index contributed by atoms with van der Waals surface area (Å²) in [6.07, 6.45) is 15.4. The van der Waals surface area contributed by atoms with Gasteiger partial charge >= 0.3 is 0 Å². The van der Waals surface area contributed by atoms with E-state index in [0.717, 1.165) is 26.4 Å². The van der Waals surface area contributed by atoms with Crippen molar-refractivity contribution in [3.05, 3.63) is 0 Å². The summed E-state index contributed by atoms with van der Waals surface area (Å²) in [5, 5.41) is 0. The van der Waals surface area contributed by atoms with Crippen LogP contribution in [0.1, 0.15) is 105 Å². The highest BCUT2D eigenvalue weighted by Crippen LogP contribution is 2.01. The average molecular weight is 317 g/mol. The second-order valence-corrected chi connectivity index (χ2v) is 6.05. The molecule has 0 aliphatic heterocycles. The maximum absolute atomic E-state index is 5.53. The van der Waals surface area contributed by atoms with Crippen molar-refractivity contribution in [1.29, 1.82) is 0 Å². The average Bonchev–Trinajstić information content (AvgIpc) is 2.54. The molecule has 0 aliphatic rings. The van der Waals surface area contributed by atoms with E-state index in [1.54, 1.807) is 0 Å². The predicted octanol–water partition coefficient (Wildman–Crippen LogP) is 6.77. The van der Waals surface area contributed by atoms with Crippen LogP contribution in [-0.4, -0.2) is 26.4 Å². The lowest BCUT2D eigenvalue weighted by Gasteiger charge is -2.03. The van der Waals surface area contributed by atoms with Crippen LogP contribution >= 0.6 is 0 Å². The van der Waals surface area contributed by atoms with Crippen LogP contribution in [0.3, 0.4) is 0 Å². The van der Waals surface area contributed by atoms with Gasteiger partial charge in [0, 0.05) is 26.4 Å². The molecule has 0 fully saturated rings. The largest absolute Gasteiger partial charge is 0.381 e. The summed E-state index contributed by atoms with van der Waals surface area (Å²) in [6.45, 7) is 12.7. The Morgan fingerprint density at radius 3 is 1.00 bits per heavy atom. The fourth-order valence-corrected chi connectivity index (χ4v) is 1.96. The van der Waals surface area contributed by atoms with Gasteiger partial charge in [0.2, 0.25) is 0 Å². The summed E-state index contributed by atoms with van der Waals surface area (Å²) in [6, 6.07) is 0. The molecule has 0 aromatic rings. The Morgan fingerprint density at radius 2 is 0.682 bits per heavy atom. The Kier molecular flexibility index (Phi) is 28.4. The molecule has 0 amide bonds. The van der Waals surface area contributed by atoms with E-state index in [1.165, 1.54) is 77.0 Å². The number of hydrogen-bond donors (Lipinski definition) is 0. The van der Waals surface area contributed by atoms with Crippen molar-refractivity contribution in [1.82, 2.24) is 0 Å². The first-order chi connectivity index (χ1) is 10.8. The summed E-state index contributed by atoms with van der Waals surface area (Å²) >= 11 is 0. The number of rotatable bonds is 16. The standard InChI is InChI=1S/C12H26O.C8H18O/c1-3-5-7-9-11-13-12-10-8-6-4-2;1-3-5-7-9-8-6-4-2/h3-12H2,1-2H3;3-8H2,1-2H3. The Labute approximate surface area is 141 Å². The van der Waals surface area contributed by atoms with E-state index in [0.29, 0.717) is 0 Å². The van der Waals surface area contributed by atoms with Crippen LogP contribution in [0.25, 0.3) is 0 Å². The summed E-state index contributed by atoms with van der Waals surface area (Å²) in [4.78, 5) is 0. The molecule has 2 heteroatoms. The second kappa shape index (κ2) is 25.9. The summed E-state index contributed by atoms with van der Waals surface area (Å²) in [5.41, 5.74) is 0. The fraction of sp³-hybridized carbons (Fsp3) is 1.00. The molecule has 0 atom stereocenters. The van der Waals surface area contributed by atoms with Crippen LogP contribution in [0.4, 0.5) is 0 Å². The van der Waals surface area contributed by atoms with Gasteiger partial charge in [0.25, 0.3) is 0 Å². The number of ether oxygens (including phenoxy) is 2. The molecule has 0 aliphatic carbocycles. The third kappa shape index (κ3) is 28.1. The van der Waals surface area contributed by atoms with Crippen molar-refractivity contribution in [3.63, 3.8) is 0 Å². The van der Waals surface area contributed by atoms with Crippen LogP contribution in [0.15, 0.2) is 0 Å². The molecule has 0 spiro atoms. The van der Waals surface area contributed by atoms with E-state index in [2.05, 4.69) is 27.7 Å².